The van der Waals surface area contributed by atoms with Crippen LogP contribution < -0.4 is 18.9 Å². The summed E-state index contributed by atoms with van der Waals surface area (Å²) in [7, 11) is 0. The summed E-state index contributed by atoms with van der Waals surface area (Å²) in [5.74, 6) is 0.0715. The summed E-state index contributed by atoms with van der Waals surface area (Å²) in [5, 5.41) is 18.0. The highest BCUT2D eigenvalue weighted by molar-refractivity contribution is 5.95. The SMILES string of the molecule is C.C.C.C.Cc1ccc(C(=O)N2CCn3nc(COc4cccc(F)c4)cc3C2)cn1.Cc1cccnc1C(=O)N1CCn2nc(COc3cccc(F)c3)cc2C1.Cc1cnc(C(=O)N2CCn3nc(COc4cccc(F)c4)cc3C2)cn1.O=C(c1cnccn1)N1CCn2nc(COc3cccc(F)c3)cc2C1. The van der Waals surface area contributed by atoms with Gasteiger partial charge in [-0.3, -0.25) is 57.8 Å². The average Bonchev–Trinajstić information content (AvgIpc) is 1.74. The second-order valence-corrected chi connectivity index (χ2v) is 25.3. The summed E-state index contributed by atoms with van der Waals surface area (Å²) in [4.78, 5) is 82.2. The van der Waals surface area contributed by atoms with Crippen LogP contribution in [0.1, 0.15) is 134 Å². The Balaban J connectivity index is 0.000000168. The van der Waals surface area contributed by atoms with Crippen LogP contribution in [-0.2, 0) is 78.8 Å². The Morgan fingerprint density at radius 3 is 1.07 bits per heavy atom. The molecule has 16 rings (SSSR count). The van der Waals surface area contributed by atoms with Gasteiger partial charge in [-0.25, -0.2) is 27.5 Å². The van der Waals surface area contributed by atoms with Gasteiger partial charge in [-0.15, -0.1) is 0 Å². The van der Waals surface area contributed by atoms with Gasteiger partial charge in [0.05, 0.1) is 98.8 Å². The van der Waals surface area contributed by atoms with Gasteiger partial charge in [-0.2, -0.15) is 20.4 Å². The number of benzene rings is 4. The second-order valence-electron chi connectivity index (χ2n) is 25.3. The number of fused-ring (bicyclic) bond motifs is 4. The van der Waals surface area contributed by atoms with Crippen LogP contribution in [-0.4, -0.2) is 138 Å². The molecule has 4 amide bonds. The lowest BCUT2D eigenvalue weighted by molar-refractivity contribution is 0.0692. The molecule has 0 unspecified atom stereocenters. The average molecular weight is 1520 g/mol. The maximum atomic E-state index is 13.2. The predicted octanol–water partition coefficient (Wildman–Crippen LogP) is 12.9. The van der Waals surface area contributed by atoms with Crippen LogP contribution in [0.2, 0.25) is 0 Å². The molecule has 0 bridgehead atoms. The number of aromatic nitrogens is 14. The monoisotopic (exact) mass is 1520 g/mol. The summed E-state index contributed by atoms with van der Waals surface area (Å²) in [6.45, 7) is 13.1. The largest absolute Gasteiger partial charge is 0.487 e. The van der Waals surface area contributed by atoms with Gasteiger partial charge < -0.3 is 38.5 Å². The highest BCUT2D eigenvalue weighted by Gasteiger charge is 2.29. The number of carbonyl (C=O) groups is 4. The molecular formula is C81H88F4N18O8. The van der Waals surface area contributed by atoms with Gasteiger partial charge in [0.15, 0.2) is 0 Å². The van der Waals surface area contributed by atoms with Crippen molar-refractivity contribution < 1.29 is 55.7 Å². The van der Waals surface area contributed by atoms with Gasteiger partial charge in [0.25, 0.3) is 23.6 Å². The van der Waals surface area contributed by atoms with E-state index in [2.05, 4.69) is 50.3 Å². The minimum atomic E-state index is -0.343. The van der Waals surface area contributed by atoms with E-state index in [9.17, 15) is 36.7 Å². The van der Waals surface area contributed by atoms with Crippen molar-refractivity contribution in [3.05, 3.63) is 297 Å². The zero-order valence-corrected chi connectivity index (χ0v) is 58.5. The van der Waals surface area contributed by atoms with Crippen molar-refractivity contribution in [2.45, 2.75) is 129 Å². The lowest BCUT2D eigenvalue weighted by Gasteiger charge is -2.27. The molecule has 26 nitrogen and oxygen atoms in total. The summed E-state index contributed by atoms with van der Waals surface area (Å²) < 4.78 is 82.7. The van der Waals surface area contributed by atoms with Gasteiger partial charge in [0.1, 0.15) is 113 Å². The number of rotatable bonds is 16. The Kier molecular flexibility index (Phi) is 28.2. The molecule has 4 aromatic carbocycles. The molecule has 578 valence electrons. The van der Waals surface area contributed by atoms with Crippen LogP contribution in [0.15, 0.2) is 189 Å². The van der Waals surface area contributed by atoms with Crippen LogP contribution in [0.3, 0.4) is 0 Å². The van der Waals surface area contributed by atoms with E-state index < -0.39 is 0 Å². The number of halogens is 4. The molecule has 0 fully saturated rings. The number of aryl methyl sites for hydroxylation is 3. The highest BCUT2D eigenvalue weighted by Crippen LogP contribution is 2.25. The maximum absolute atomic E-state index is 13.2. The summed E-state index contributed by atoms with van der Waals surface area (Å²) in [6, 6.07) is 39.0. The van der Waals surface area contributed by atoms with Crippen LogP contribution >= 0.6 is 0 Å². The number of amides is 4. The topological polar surface area (TPSA) is 267 Å². The molecule has 4 aliphatic rings. The highest BCUT2D eigenvalue weighted by atomic mass is 19.1. The van der Waals surface area contributed by atoms with E-state index in [1.54, 1.807) is 92.8 Å². The van der Waals surface area contributed by atoms with Crippen molar-refractivity contribution in [1.82, 2.24) is 88.6 Å². The van der Waals surface area contributed by atoms with E-state index in [4.69, 9.17) is 18.9 Å². The van der Waals surface area contributed by atoms with E-state index >= 15 is 0 Å². The number of carbonyl (C=O) groups excluding carboxylic acids is 4. The van der Waals surface area contributed by atoms with Crippen molar-refractivity contribution in [3.63, 3.8) is 0 Å². The predicted molar refractivity (Wildman–Crippen MR) is 404 cm³/mol. The normalized spacial score (nSPS) is 12.9. The van der Waals surface area contributed by atoms with Crippen molar-refractivity contribution in [2.75, 3.05) is 26.2 Å². The van der Waals surface area contributed by atoms with Gasteiger partial charge in [0, 0.05) is 87.1 Å². The standard InChI is InChI=1S/2C20H19FN4O2.C19H18FN5O2.C18H16FN5O2.4CH4/c1-14-4-3-7-22-19(14)20(26)24-8-9-25-17(12-24)11-16(23-25)13-27-18-6-2-5-15(21)10-18;1-14-5-6-15(11-22-14)20(26)24-7-8-25-18(12-24)10-17(23-25)13-27-19-4-2-3-16(21)9-19;1-13-9-22-18(10-21-13)19(26)24-5-6-25-16(11-24)8-15(23-25)12-27-17-4-2-3-14(20)7-17;19-13-2-1-3-16(8-13)26-12-14-9-15-11-23(6-7-24(15)22-14)18(25)17-10-20-4-5-21-17;;;;/h2-7,10-11H,8-9,12-13H2,1H3;2-6,9-11H,7-8,12-13H2,1H3;2-4,7-10H,5-6,11-12H2,1H3;1-5,8-10H,6-7,11-12H2;4*1H4. The number of hydrogen-bond acceptors (Lipinski definition) is 18. The molecule has 12 aromatic rings. The fraction of sp³-hybridized carbons (Fsp3) is 0.284. The molecule has 0 radical (unpaired) electrons. The van der Waals surface area contributed by atoms with E-state index in [1.807, 2.05) is 82.0 Å². The molecule has 0 spiro atoms. The first-order valence-electron chi connectivity index (χ1n) is 34.3. The molecule has 0 atom stereocenters. The summed E-state index contributed by atoms with van der Waals surface area (Å²) in [5.41, 5.74) is 11.0. The lowest BCUT2D eigenvalue weighted by atomic mass is 10.2. The van der Waals surface area contributed by atoms with Crippen LogP contribution in [0.25, 0.3) is 0 Å². The molecule has 0 saturated heterocycles. The number of hydrogen-bond donors (Lipinski definition) is 0. The Labute approximate surface area is 640 Å². The fourth-order valence-corrected chi connectivity index (χ4v) is 12.0. The summed E-state index contributed by atoms with van der Waals surface area (Å²) in [6.07, 6.45) is 10.8. The number of nitrogens with zero attached hydrogens (tertiary/aromatic N) is 18. The van der Waals surface area contributed by atoms with Gasteiger partial charge in [-0.1, -0.05) is 60.0 Å². The first kappa shape index (κ1) is 82.0. The smallest absolute Gasteiger partial charge is 0.274 e. The van der Waals surface area contributed by atoms with Crippen molar-refractivity contribution in [1.29, 1.82) is 0 Å². The molecule has 111 heavy (non-hydrogen) atoms. The van der Waals surface area contributed by atoms with Crippen molar-refractivity contribution in [2.24, 2.45) is 0 Å². The third kappa shape index (κ3) is 21.4. The third-order valence-corrected chi connectivity index (χ3v) is 17.4. The maximum Gasteiger partial charge on any atom is 0.274 e. The number of pyridine rings is 2. The summed E-state index contributed by atoms with van der Waals surface area (Å²) >= 11 is 0. The fourth-order valence-electron chi connectivity index (χ4n) is 12.0. The molecule has 0 N–H and O–H groups in total. The zero-order chi connectivity index (χ0) is 74.3. The molecule has 0 aliphatic carbocycles. The Hall–Kier alpha value is -13.0. The first-order valence-corrected chi connectivity index (χ1v) is 34.3. The van der Waals surface area contributed by atoms with Crippen LogP contribution in [0.5, 0.6) is 23.0 Å². The minimum Gasteiger partial charge on any atom is -0.487 e. The first-order chi connectivity index (χ1) is 51.9. The molecule has 4 aliphatic heterocycles. The minimum absolute atomic E-state index is 0. The van der Waals surface area contributed by atoms with Crippen molar-refractivity contribution >= 4 is 23.6 Å². The van der Waals surface area contributed by atoms with E-state index in [0.29, 0.717) is 124 Å². The van der Waals surface area contributed by atoms with E-state index in [1.165, 1.54) is 73.3 Å². The Morgan fingerprint density at radius 1 is 0.351 bits per heavy atom. The van der Waals surface area contributed by atoms with Gasteiger partial charge in [-0.05, 0) is 117 Å². The molecule has 0 saturated carbocycles. The quantitative estimate of drug-likeness (QED) is 0.0813. The molecule has 12 heterocycles. The molecule has 30 heteroatoms. The molecule has 8 aromatic heterocycles. The van der Waals surface area contributed by atoms with Crippen LogP contribution in [0, 0.1) is 44.0 Å². The van der Waals surface area contributed by atoms with Gasteiger partial charge >= 0.3 is 0 Å². The lowest BCUT2D eigenvalue weighted by Crippen LogP contribution is -2.39. The van der Waals surface area contributed by atoms with E-state index in [-0.39, 0.29) is 103 Å². The molecular weight excluding hydrogens is 1430 g/mol. The third-order valence-electron chi connectivity index (χ3n) is 17.4. The van der Waals surface area contributed by atoms with Crippen molar-refractivity contribution in [3.8, 4) is 23.0 Å². The Morgan fingerprint density at radius 2 is 0.730 bits per heavy atom. The second kappa shape index (κ2) is 38.2. The zero-order valence-electron chi connectivity index (χ0n) is 58.5. The number of ether oxygens (including phenoxy) is 4. The van der Waals surface area contributed by atoms with Gasteiger partial charge in [0.2, 0.25) is 0 Å². The van der Waals surface area contributed by atoms with Crippen LogP contribution in [0.4, 0.5) is 17.6 Å². The Bertz CT molecular complexity index is 4960. The van der Waals surface area contributed by atoms with E-state index in [0.717, 1.165) is 62.5 Å².